The highest BCUT2D eigenvalue weighted by Gasteiger charge is 2.43. The van der Waals surface area contributed by atoms with Gasteiger partial charge in [-0.3, -0.25) is 29.3 Å². The number of benzene rings is 2. The maximum absolute atomic E-state index is 14.6. The molecule has 7 rings (SSSR count). The highest BCUT2D eigenvalue weighted by atomic mass is 35.5. The van der Waals surface area contributed by atoms with Crippen molar-refractivity contribution in [3.63, 3.8) is 0 Å². The third-order valence-corrected chi connectivity index (χ3v) is 12.3. The summed E-state index contributed by atoms with van der Waals surface area (Å²) in [7, 11) is 0. The van der Waals surface area contributed by atoms with Crippen molar-refractivity contribution in [1.29, 1.82) is 0 Å². The molecule has 4 heterocycles. The molecule has 1 atom stereocenters. The van der Waals surface area contributed by atoms with Gasteiger partial charge in [0.15, 0.2) is 16.7 Å². The number of rotatable bonds is 21. The molecule has 0 bridgehead atoms. The minimum absolute atomic E-state index is 0.00561. The average molecular weight is 905 g/mol. The fourth-order valence-corrected chi connectivity index (χ4v) is 8.72. The zero-order valence-corrected chi connectivity index (χ0v) is 36.2. The average Bonchev–Trinajstić information content (AvgIpc) is 3.91. The van der Waals surface area contributed by atoms with E-state index in [1.54, 1.807) is 36.5 Å². The van der Waals surface area contributed by atoms with Gasteiger partial charge in [-0.15, -0.1) is 11.3 Å². The Morgan fingerprint density at radius 2 is 1.73 bits per heavy atom. The summed E-state index contributed by atoms with van der Waals surface area (Å²) in [6, 6.07) is 14.7. The first-order chi connectivity index (χ1) is 30.6. The molecular formula is C44H50ClFN8O8S. The van der Waals surface area contributed by atoms with Crippen molar-refractivity contribution in [1.82, 2.24) is 30.8 Å². The molecule has 16 nitrogen and oxygen atoms in total. The largest absolute Gasteiger partial charge is 0.487 e. The molecule has 334 valence electrons. The van der Waals surface area contributed by atoms with E-state index in [9.17, 15) is 28.4 Å². The molecule has 19 heteroatoms. The Hall–Kier alpha value is -5.53. The number of imide groups is 1. The van der Waals surface area contributed by atoms with E-state index >= 15 is 0 Å². The Kier molecular flexibility index (Phi) is 15.7. The van der Waals surface area contributed by atoms with Crippen LogP contribution < -0.4 is 31.3 Å². The fourth-order valence-electron chi connectivity index (χ4n) is 8.02. The molecule has 1 saturated carbocycles. The molecule has 2 aromatic heterocycles. The van der Waals surface area contributed by atoms with Crippen molar-refractivity contribution >= 4 is 69.1 Å². The number of anilines is 3. The van der Waals surface area contributed by atoms with Crippen LogP contribution in [0.1, 0.15) is 66.6 Å². The molecule has 4 aromatic rings. The second-order valence-corrected chi connectivity index (χ2v) is 16.9. The molecule has 5 amide bonds. The number of thiazole rings is 1. The molecule has 2 aliphatic heterocycles. The molecule has 5 N–H and O–H groups in total. The number of halogens is 2. The van der Waals surface area contributed by atoms with Gasteiger partial charge in [0.2, 0.25) is 23.6 Å². The van der Waals surface area contributed by atoms with Crippen LogP contribution >= 0.6 is 22.9 Å². The van der Waals surface area contributed by atoms with E-state index in [0.29, 0.717) is 94.2 Å². The number of nitrogens with one attached hydrogen (secondary N) is 5. The number of hydrogen-bond donors (Lipinski definition) is 5. The summed E-state index contributed by atoms with van der Waals surface area (Å²) >= 11 is 7.44. The molecule has 2 fully saturated rings. The van der Waals surface area contributed by atoms with Gasteiger partial charge in [-0.1, -0.05) is 29.8 Å². The third-order valence-electron chi connectivity index (χ3n) is 11.3. The molecule has 1 saturated heterocycles. The quantitative estimate of drug-likeness (QED) is 0.0545. The number of fused-ring (bicyclic) bond motifs is 1. The normalized spacial score (nSPS) is 19.7. The predicted molar refractivity (Wildman–Crippen MR) is 233 cm³/mol. The van der Waals surface area contributed by atoms with E-state index in [1.807, 2.05) is 23.6 Å². The Balaban J connectivity index is 0.789. The van der Waals surface area contributed by atoms with Crippen LogP contribution in [0.25, 0.3) is 0 Å². The Morgan fingerprint density at radius 1 is 0.952 bits per heavy atom. The molecule has 0 radical (unpaired) electrons. The molecule has 1 unspecified atom stereocenters. The Labute approximate surface area is 373 Å². The lowest BCUT2D eigenvalue weighted by Crippen LogP contribution is -2.52. The highest BCUT2D eigenvalue weighted by Crippen LogP contribution is 2.41. The summed E-state index contributed by atoms with van der Waals surface area (Å²) in [6.45, 7) is 2.76. The van der Waals surface area contributed by atoms with E-state index in [-0.39, 0.29) is 72.9 Å². The number of carbonyl (C=O) groups is 5. The van der Waals surface area contributed by atoms with Crippen LogP contribution in [-0.4, -0.2) is 103 Å². The van der Waals surface area contributed by atoms with Gasteiger partial charge in [0.25, 0.3) is 5.91 Å². The van der Waals surface area contributed by atoms with Crippen molar-refractivity contribution in [2.45, 2.75) is 70.1 Å². The molecule has 0 spiro atoms. The standard InChI is InChI=1S/C44H50ClFN8O8S/c45-32-6-3-8-35(39(32)46)62-29-12-15-44(16-13-29,26-28-4-1-9-36(50-28)52-43-49-20-25-63-43)42(59)48-19-22-61-24-23-60-21-18-47-17-14-38(56)51-33-7-2-5-30-31(33)27-54(41(30)58)34-10-11-37(55)53-40(34)57/h1-9,20,25,29,34,47H,10-19,21-24,26-27H2,(H,48,59)(H,51,56)(H,49,50,52)(H,53,55,57)/t29-,34?,44-. The van der Waals surface area contributed by atoms with Gasteiger partial charge >= 0.3 is 0 Å². The first-order valence-electron chi connectivity index (χ1n) is 21.0. The minimum Gasteiger partial charge on any atom is -0.487 e. The minimum atomic E-state index is -0.764. The second-order valence-electron chi connectivity index (χ2n) is 15.6. The summed E-state index contributed by atoms with van der Waals surface area (Å²) in [4.78, 5) is 74.3. The highest BCUT2D eigenvalue weighted by molar-refractivity contribution is 7.13. The molecule has 3 aliphatic rings. The van der Waals surface area contributed by atoms with Crippen molar-refractivity contribution in [3.05, 3.63) is 93.8 Å². The van der Waals surface area contributed by atoms with Crippen molar-refractivity contribution < 1.29 is 42.6 Å². The Bertz CT molecular complexity index is 2260. The van der Waals surface area contributed by atoms with Gasteiger partial charge in [0.05, 0.1) is 43.0 Å². The van der Waals surface area contributed by atoms with Gasteiger partial charge in [-0.2, -0.15) is 0 Å². The number of nitrogens with zero attached hydrogens (tertiary/aromatic N) is 3. The zero-order chi connectivity index (χ0) is 44.2. The van der Waals surface area contributed by atoms with Gasteiger partial charge in [-0.25, -0.2) is 14.4 Å². The number of carbonyl (C=O) groups excluding carboxylic acids is 5. The Morgan fingerprint density at radius 3 is 2.51 bits per heavy atom. The summed E-state index contributed by atoms with van der Waals surface area (Å²) in [5, 5.41) is 17.2. The van der Waals surface area contributed by atoms with E-state index in [0.717, 1.165) is 10.8 Å². The first-order valence-corrected chi connectivity index (χ1v) is 22.3. The SMILES string of the molecule is O=C1CCC(N2Cc3c(NC(=O)CCNCCOCCOCCNC(=O)[C@]4(Cc5cccc(Nc6nccs6)n5)CC[C@@H](Oc5cccc(Cl)c5F)CC4)cccc3C2=O)C(=O)N1. The van der Waals surface area contributed by atoms with E-state index in [4.69, 9.17) is 30.8 Å². The second kappa shape index (κ2) is 21.7. The van der Waals surface area contributed by atoms with Crippen molar-refractivity contribution in [2.75, 3.05) is 56.7 Å². The van der Waals surface area contributed by atoms with Crippen LogP contribution in [0.2, 0.25) is 5.02 Å². The zero-order valence-electron chi connectivity index (χ0n) is 34.6. The number of aromatic nitrogens is 2. The lowest BCUT2D eigenvalue weighted by atomic mass is 9.69. The number of hydrogen-bond acceptors (Lipinski definition) is 13. The molecule has 2 aromatic carbocycles. The topological polar surface area (TPSA) is 202 Å². The van der Waals surface area contributed by atoms with Gasteiger partial charge < -0.3 is 40.4 Å². The maximum atomic E-state index is 14.6. The van der Waals surface area contributed by atoms with Crippen LogP contribution in [0.4, 0.5) is 21.0 Å². The molecular weight excluding hydrogens is 855 g/mol. The fraction of sp³-hybridized carbons (Fsp3) is 0.432. The lowest BCUT2D eigenvalue weighted by molar-refractivity contribution is -0.137. The van der Waals surface area contributed by atoms with E-state index in [2.05, 4.69) is 31.6 Å². The van der Waals surface area contributed by atoms with Crippen LogP contribution in [0, 0.1) is 11.2 Å². The summed E-state index contributed by atoms with van der Waals surface area (Å²) in [5.74, 6) is -1.34. The van der Waals surface area contributed by atoms with Crippen LogP contribution in [0.15, 0.2) is 66.2 Å². The molecule has 63 heavy (non-hydrogen) atoms. The predicted octanol–water partition coefficient (Wildman–Crippen LogP) is 5.15. The number of pyridine rings is 1. The van der Waals surface area contributed by atoms with Crippen LogP contribution in [0.3, 0.4) is 0 Å². The van der Waals surface area contributed by atoms with Crippen LogP contribution in [-0.2, 0) is 41.6 Å². The number of piperidine rings is 1. The first kappa shape index (κ1) is 45.5. The lowest BCUT2D eigenvalue weighted by Gasteiger charge is -2.39. The van der Waals surface area contributed by atoms with E-state index in [1.165, 1.54) is 22.3 Å². The monoisotopic (exact) mass is 904 g/mol. The summed E-state index contributed by atoms with van der Waals surface area (Å²) in [5.41, 5.74) is 1.58. The summed E-state index contributed by atoms with van der Waals surface area (Å²) in [6.07, 6.45) is 4.55. The van der Waals surface area contributed by atoms with Crippen molar-refractivity contribution in [3.8, 4) is 5.75 Å². The maximum Gasteiger partial charge on any atom is 0.255 e. The third kappa shape index (κ3) is 11.9. The van der Waals surface area contributed by atoms with Gasteiger partial charge in [-0.05, 0) is 68.5 Å². The molecule has 1 aliphatic carbocycles. The van der Waals surface area contributed by atoms with Gasteiger partial charge in [0, 0.05) is 79.5 Å². The van der Waals surface area contributed by atoms with Crippen molar-refractivity contribution in [2.24, 2.45) is 5.41 Å². The van der Waals surface area contributed by atoms with Gasteiger partial charge in [0.1, 0.15) is 11.9 Å². The van der Waals surface area contributed by atoms with E-state index < -0.39 is 23.2 Å². The summed E-state index contributed by atoms with van der Waals surface area (Å²) < 4.78 is 32.0. The number of amides is 5. The number of ether oxygens (including phenoxy) is 3. The smallest absolute Gasteiger partial charge is 0.255 e. The van der Waals surface area contributed by atoms with Crippen LogP contribution in [0.5, 0.6) is 5.75 Å².